The van der Waals surface area contributed by atoms with Crippen molar-refractivity contribution in [2.24, 2.45) is 5.10 Å². The highest BCUT2D eigenvalue weighted by Crippen LogP contribution is 2.38. The van der Waals surface area contributed by atoms with E-state index in [0.717, 1.165) is 16.8 Å². The van der Waals surface area contributed by atoms with Crippen LogP contribution >= 0.6 is 0 Å². The Morgan fingerprint density at radius 3 is 2.56 bits per heavy atom. The molecule has 0 bridgehead atoms. The van der Waals surface area contributed by atoms with Gasteiger partial charge in [0.15, 0.2) is 0 Å². The molecule has 0 radical (unpaired) electrons. The van der Waals surface area contributed by atoms with Gasteiger partial charge in [-0.2, -0.15) is 5.10 Å². The highest BCUT2D eigenvalue weighted by atomic mass is 16.2. The summed E-state index contributed by atoms with van der Waals surface area (Å²) in [6.07, 6.45) is 3.96. The maximum Gasteiger partial charge on any atom is 0.339 e. The highest BCUT2D eigenvalue weighted by Gasteiger charge is 2.28. The molecule has 0 aromatic heterocycles. The van der Waals surface area contributed by atoms with E-state index in [2.05, 4.69) is 73.7 Å². The lowest BCUT2D eigenvalue weighted by Crippen LogP contribution is -2.42. The lowest BCUT2D eigenvalue weighted by molar-refractivity contribution is 0.252. The van der Waals surface area contributed by atoms with Gasteiger partial charge in [-0.3, -0.25) is 0 Å². The van der Waals surface area contributed by atoms with Crippen LogP contribution in [0.15, 0.2) is 53.6 Å². The van der Waals surface area contributed by atoms with Crippen molar-refractivity contribution in [2.45, 2.75) is 33.2 Å². The summed E-state index contributed by atoms with van der Waals surface area (Å²) in [5.74, 6) is 0. The number of para-hydroxylation sites is 1. The van der Waals surface area contributed by atoms with Crippen LogP contribution < -0.4 is 15.6 Å². The quantitative estimate of drug-likeness (QED) is 0.610. The molecule has 2 aromatic rings. The topological polar surface area (TPSA) is 56.7 Å². The summed E-state index contributed by atoms with van der Waals surface area (Å²) in [5, 5.41) is 6.84. The first-order chi connectivity index (χ1) is 12.8. The molecule has 1 aliphatic heterocycles. The maximum atomic E-state index is 11.9. The number of hydrazone groups is 1. The third-order valence-electron chi connectivity index (χ3n) is 5.01. The number of urea groups is 1. The molecule has 3 rings (SSSR count). The van der Waals surface area contributed by atoms with Crippen molar-refractivity contribution in [1.29, 1.82) is 0 Å². The number of anilines is 2. The Bertz CT molecular complexity index is 913. The molecule has 5 nitrogen and oxygen atoms in total. The Kier molecular flexibility index (Phi) is 5.04. The van der Waals surface area contributed by atoms with E-state index in [1.165, 1.54) is 16.8 Å². The van der Waals surface area contributed by atoms with Crippen LogP contribution in [0.25, 0.3) is 5.57 Å². The molecule has 0 spiro atoms. The predicted octanol–water partition coefficient (Wildman–Crippen LogP) is 4.78. The molecule has 140 valence electrons. The van der Waals surface area contributed by atoms with Crippen LogP contribution in [-0.2, 0) is 0 Å². The molecule has 0 saturated carbocycles. The van der Waals surface area contributed by atoms with Crippen LogP contribution in [-0.4, -0.2) is 24.8 Å². The number of nitrogens with one attached hydrogen (secondary N) is 2. The zero-order valence-corrected chi connectivity index (χ0v) is 16.5. The van der Waals surface area contributed by atoms with Crippen molar-refractivity contribution in [1.82, 2.24) is 5.43 Å². The number of hydrogen-bond donors (Lipinski definition) is 2. The third kappa shape index (κ3) is 4.03. The molecule has 0 atom stereocenters. The molecule has 2 amide bonds. The average molecular weight is 362 g/mol. The number of amides is 2. The van der Waals surface area contributed by atoms with Crippen molar-refractivity contribution < 1.29 is 4.79 Å². The SMILES string of the molecule is CC1=CC(C)(C)N(C)c2cc(C)c(/C=N\NC(=O)Nc3ccccc3)cc21. The first kappa shape index (κ1) is 18.7. The molecule has 0 saturated heterocycles. The Morgan fingerprint density at radius 2 is 1.85 bits per heavy atom. The molecule has 5 heteroatoms. The van der Waals surface area contributed by atoms with E-state index in [4.69, 9.17) is 0 Å². The zero-order chi connectivity index (χ0) is 19.6. The Labute approximate surface area is 160 Å². The zero-order valence-electron chi connectivity index (χ0n) is 16.5. The number of carbonyl (C=O) groups is 1. The van der Waals surface area contributed by atoms with E-state index in [9.17, 15) is 4.79 Å². The van der Waals surface area contributed by atoms with Gasteiger partial charge in [0.05, 0.1) is 11.8 Å². The molecule has 1 heterocycles. The highest BCUT2D eigenvalue weighted by molar-refractivity contribution is 5.92. The largest absolute Gasteiger partial charge is 0.365 e. The molecule has 0 aliphatic carbocycles. The number of allylic oxidation sites excluding steroid dienone is 1. The first-order valence-corrected chi connectivity index (χ1v) is 9.01. The van der Waals surface area contributed by atoms with Gasteiger partial charge in [0.25, 0.3) is 0 Å². The van der Waals surface area contributed by atoms with E-state index in [1.807, 2.05) is 30.3 Å². The van der Waals surface area contributed by atoms with Crippen LogP contribution in [0.1, 0.15) is 37.5 Å². The van der Waals surface area contributed by atoms with Gasteiger partial charge < -0.3 is 10.2 Å². The number of nitrogens with zero attached hydrogens (tertiary/aromatic N) is 2. The van der Waals surface area contributed by atoms with Crippen LogP contribution in [0.5, 0.6) is 0 Å². The van der Waals surface area contributed by atoms with Gasteiger partial charge in [-0.25, -0.2) is 10.2 Å². The van der Waals surface area contributed by atoms with Crippen LogP contribution in [0.2, 0.25) is 0 Å². The fourth-order valence-corrected chi connectivity index (χ4v) is 3.30. The van der Waals surface area contributed by atoms with Crippen LogP contribution in [0.3, 0.4) is 0 Å². The summed E-state index contributed by atoms with van der Waals surface area (Å²) < 4.78 is 0. The van der Waals surface area contributed by atoms with Gasteiger partial charge in [0.2, 0.25) is 0 Å². The predicted molar refractivity (Wildman–Crippen MR) is 114 cm³/mol. The number of fused-ring (bicyclic) bond motifs is 1. The fourth-order valence-electron chi connectivity index (χ4n) is 3.30. The van der Waals surface area contributed by atoms with E-state index >= 15 is 0 Å². The molecule has 0 fully saturated rings. The summed E-state index contributed by atoms with van der Waals surface area (Å²) in [6.45, 7) is 8.61. The molecule has 27 heavy (non-hydrogen) atoms. The summed E-state index contributed by atoms with van der Waals surface area (Å²) >= 11 is 0. The second kappa shape index (κ2) is 7.27. The van der Waals surface area contributed by atoms with Crippen LogP contribution in [0, 0.1) is 6.92 Å². The van der Waals surface area contributed by atoms with E-state index in [-0.39, 0.29) is 11.6 Å². The van der Waals surface area contributed by atoms with Gasteiger partial charge in [-0.15, -0.1) is 0 Å². The summed E-state index contributed by atoms with van der Waals surface area (Å²) in [6, 6.07) is 13.2. The number of hydrogen-bond acceptors (Lipinski definition) is 3. The van der Waals surface area contributed by atoms with Crippen molar-refractivity contribution in [3.63, 3.8) is 0 Å². The average Bonchev–Trinajstić information content (AvgIpc) is 2.61. The van der Waals surface area contributed by atoms with Gasteiger partial charge >= 0.3 is 6.03 Å². The van der Waals surface area contributed by atoms with Gasteiger partial charge in [0.1, 0.15) is 0 Å². The maximum absolute atomic E-state index is 11.9. The lowest BCUT2D eigenvalue weighted by Gasteiger charge is -2.41. The van der Waals surface area contributed by atoms with Crippen molar-refractivity contribution in [3.8, 4) is 0 Å². The van der Waals surface area contributed by atoms with E-state index in [0.29, 0.717) is 0 Å². The van der Waals surface area contributed by atoms with Gasteiger partial charge in [-0.05, 0) is 68.7 Å². The molecule has 2 N–H and O–H groups in total. The Morgan fingerprint density at radius 1 is 1.15 bits per heavy atom. The van der Waals surface area contributed by atoms with Crippen molar-refractivity contribution in [3.05, 3.63) is 65.2 Å². The second-order valence-electron chi connectivity index (χ2n) is 7.46. The van der Waals surface area contributed by atoms with Gasteiger partial charge in [-0.1, -0.05) is 24.3 Å². The minimum atomic E-state index is -0.370. The molecule has 1 aliphatic rings. The molecular weight excluding hydrogens is 336 g/mol. The first-order valence-electron chi connectivity index (χ1n) is 9.01. The van der Waals surface area contributed by atoms with E-state index in [1.54, 1.807) is 6.21 Å². The van der Waals surface area contributed by atoms with E-state index < -0.39 is 0 Å². The minimum Gasteiger partial charge on any atom is -0.365 e. The summed E-state index contributed by atoms with van der Waals surface area (Å²) in [7, 11) is 2.12. The second-order valence-corrected chi connectivity index (χ2v) is 7.46. The smallest absolute Gasteiger partial charge is 0.339 e. The molecule has 2 aromatic carbocycles. The van der Waals surface area contributed by atoms with Crippen LogP contribution in [0.4, 0.5) is 16.2 Å². The number of rotatable bonds is 3. The summed E-state index contributed by atoms with van der Waals surface area (Å²) in [4.78, 5) is 14.2. The standard InChI is InChI=1S/C22H26N4O/c1-15-11-20-19(16(2)13-22(3,4)26(20)5)12-17(15)14-23-25-21(27)24-18-9-7-6-8-10-18/h6-14H,1-5H3,(H2,24,25,27)/b23-14-. The van der Waals surface area contributed by atoms with Gasteiger partial charge in [0, 0.05) is 24.0 Å². The van der Waals surface area contributed by atoms with Crippen molar-refractivity contribution >= 4 is 29.2 Å². The van der Waals surface area contributed by atoms with Crippen molar-refractivity contribution in [2.75, 3.05) is 17.3 Å². The number of benzene rings is 2. The number of aryl methyl sites for hydroxylation is 1. The fraction of sp³-hybridized carbons (Fsp3) is 0.273. The summed E-state index contributed by atoms with van der Waals surface area (Å²) in [5.41, 5.74) is 8.97. The number of carbonyl (C=O) groups excluding carboxylic acids is 1. The number of likely N-dealkylation sites (N-methyl/N-ethyl adjacent to an activating group) is 1. The lowest BCUT2D eigenvalue weighted by atomic mass is 9.87. The monoisotopic (exact) mass is 362 g/mol. The third-order valence-corrected chi connectivity index (χ3v) is 5.01. The Balaban J connectivity index is 1.76. The molecular formula is C22H26N4O. The Hall–Kier alpha value is -3.08. The molecule has 0 unspecified atom stereocenters. The minimum absolute atomic E-state index is 0.0176. The normalized spacial score (nSPS) is 15.3.